The van der Waals surface area contributed by atoms with E-state index in [-0.39, 0.29) is 47.1 Å². The third kappa shape index (κ3) is 5.59. The lowest BCUT2D eigenvalue weighted by Gasteiger charge is -2.23. The number of rotatable bonds is 8. The summed E-state index contributed by atoms with van der Waals surface area (Å²) in [6.07, 6.45) is 7.74. The van der Waals surface area contributed by atoms with Gasteiger partial charge in [0.1, 0.15) is 30.3 Å². The molecule has 206 valence electrons. The van der Waals surface area contributed by atoms with Gasteiger partial charge in [0.2, 0.25) is 0 Å². The van der Waals surface area contributed by atoms with E-state index in [0.29, 0.717) is 30.0 Å². The Labute approximate surface area is 231 Å². The maximum absolute atomic E-state index is 14.9. The van der Waals surface area contributed by atoms with Gasteiger partial charge in [-0.05, 0) is 80.6 Å². The average Bonchev–Trinajstić information content (AvgIpc) is 3.71. The second-order valence-corrected chi connectivity index (χ2v) is 10.2. The number of hydrogen-bond donors (Lipinski definition) is 2. The number of nitrogen functional groups attached to an aromatic ring is 1. The summed E-state index contributed by atoms with van der Waals surface area (Å²) in [5, 5.41) is 12.0. The molecule has 5 rings (SSSR count). The van der Waals surface area contributed by atoms with E-state index < -0.39 is 17.5 Å². The van der Waals surface area contributed by atoms with Gasteiger partial charge in [-0.2, -0.15) is 5.26 Å². The number of nitrogens with one attached hydrogen (secondary N) is 1. The van der Waals surface area contributed by atoms with Crippen LogP contribution in [0.1, 0.15) is 53.6 Å². The Morgan fingerprint density at radius 2 is 2.08 bits per heavy atom. The van der Waals surface area contributed by atoms with Crippen LogP contribution in [0.15, 0.2) is 48.9 Å². The molecule has 1 aliphatic carbocycles. The normalized spacial score (nSPS) is 18.6. The van der Waals surface area contributed by atoms with Gasteiger partial charge in [-0.1, -0.05) is 12.1 Å². The highest BCUT2D eigenvalue weighted by Gasteiger charge is 2.31. The number of nitrogens with two attached hydrogens (primary N) is 1. The standard InChI is InChI=1S/C30H30F2N6O2/c1-3-8-38-14-18(13-33)9-22(38)15-40-28-27(35-16-36-29(28)34)24-11-21(31)12-26(17(24)2)37-30(39)23-7-6-20(10-25(23)32)19-4-5-19/h3,6-8,10-12,16,18-19,22H,4-5,9,14-15H2,1-2H3,(H,37,39)(H2,34,35,36)/t18-,22+/m1/s1. The minimum Gasteiger partial charge on any atom is -0.485 e. The first-order valence-corrected chi connectivity index (χ1v) is 13.2. The first-order chi connectivity index (χ1) is 19.3. The predicted octanol–water partition coefficient (Wildman–Crippen LogP) is 5.57. The van der Waals surface area contributed by atoms with E-state index in [4.69, 9.17) is 10.5 Å². The highest BCUT2D eigenvalue weighted by Crippen LogP contribution is 2.41. The predicted molar refractivity (Wildman–Crippen MR) is 147 cm³/mol. The van der Waals surface area contributed by atoms with Gasteiger partial charge in [0.25, 0.3) is 5.91 Å². The molecule has 2 heterocycles. The Morgan fingerprint density at radius 1 is 1.27 bits per heavy atom. The number of likely N-dealkylation sites (tertiary alicyclic amines) is 1. The molecule has 0 spiro atoms. The third-order valence-corrected chi connectivity index (χ3v) is 7.39. The quantitative estimate of drug-likeness (QED) is 0.381. The van der Waals surface area contributed by atoms with Gasteiger partial charge < -0.3 is 20.7 Å². The van der Waals surface area contributed by atoms with E-state index in [1.54, 1.807) is 13.0 Å². The van der Waals surface area contributed by atoms with E-state index in [0.717, 1.165) is 18.4 Å². The Balaban J connectivity index is 1.41. The van der Waals surface area contributed by atoms with Crippen molar-refractivity contribution < 1.29 is 18.3 Å². The van der Waals surface area contributed by atoms with Gasteiger partial charge in [-0.25, -0.2) is 18.7 Å². The molecule has 1 aliphatic heterocycles. The number of benzene rings is 2. The van der Waals surface area contributed by atoms with Crippen molar-refractivity contribution in [2.75, 3.05) is 24.2 Å². The van der Waals surface area contributed by atoms with E-state index in [1.807, 2.05) is 24.1 Å². The fourth-order valence-corrected chi connectivity index (χ4v) is 5.10. The molecule has 40 heavy (non-hydrogen) atoms. The number of nitrogens with zero attached hydrogens (tertiary/aromatic N) is 4. The summed E-state index contributed by atoms with van der Waals surface area (Å²) in [7, 11) is 0. The summed E-state index contributed by atoms with van der Waals surface area (Å²) < 4.78 is 35.7. The molecule has 1 saturated carbocycles. The number of carbonyl (C=O) groups excluding carboxylic acids is 1. The molecule has 10 heteroatoms. The van der Waals surface area contributed by atoms with Crippen LogP contribution in [0.4, 0.5) is 20.3 Å². The molecule has 3 aromatic rings. The third-order valence-electron chi connectivity index (χ3n) is 7.39. The van der Waals surface area contributed by atoms with Crippen molar-refractivity contribution in [3.63, 3.8) is 0 Å². The van der Waals surface area contributed by atoms with E-state index in [9.17, 15) is 18.8 Å². The van der Waals surface area contributed by atoms with E-state index in [2.05, 4.69) is 21.4 Å². The molecule has 2 aromatic carbocycles. The molecule has 1 saturated heterocycles. The molecule has 3 N–H and O–H groups in total. The minimum atomic E-state index is -0.685. The van der Waals surface area contributed by atoms with Crippen LogP contribution in [0, 0.1) is 35.8 Å². The van der Waals surface area contributed by atoms with Gasteiger partial charge in [-0.3, -0.25) is 4.79 Å². The number of ether oxygens (including phenoxy) is 1. The van der Waals surface area contributed by atoms with Crippen molar-refractivity contribution in [1.82, 2.24) is 14.9 Å². The van der Waals surface area contributed by atoms with Crippen molar-refractivity contribution in [2.45, 2.75) is 45.1 Å². The van der Waals surface area contributed by atoms with Crippen LogP contribution >= 0.6 is 0 Å². The fourth-order valence-electron chi connectivity index (χ4n) is 5.10. The zero-order valence-electron chi connectivity index (χ0n) is 22.3. The van der Waals surface area contributed by atoms with Crippen molar-refractivity contribution >= 4 is 17.4 Å². The summed E-state index contributed by atoms with van der Waals surface area (Å²) in [5.41, 5.74) is 8.18. The first-order valence-electron chi connectivity index (χ1n) is 13.2. The topological polar surface area (TPSA) is 117 Å². The maximum Gasteiger partial charge on any atom is 0.258 e. The largest absolute Gasteiger partial charge is 0.485 e. The molecule has 1 amide bonds. The Hall–Kier alpha value is -4.52. The average molecular weight is 545 g/mol. The van der Waals surface area contributed by atoms with Crippen LogP contribution in [0.25, 0.3) is 11.3 Å². The lowest BCUT2D eigenvalue weighted by molar-refractivity contribution is 0.102. The molecular formula is C30H30F2N6O2. The summed E-state index contributed by atoms with van der Waals surface area (Å²) >= 11 is 0. The molecule has 0 radical (unpaired) electrons. The van der Waals surface area contributed by atoms with Crippen molar-refractivity contribution in [3.05, 3.63) is 77.3 Å². The van der Waals surface area contributed by atoms with Crippen LogP contribution < -0.4 is 15.8 Å². The molecular weight excluding hydrogens is 514 g/mol. The lowest BCUT2D eigenvalue weighted by atomic mass is 10.0. The summed E-state index contributed by atoms with van der Waals surface area (Å²) in [5.74, 6) is -1.46. The maximum atomic E-state index is 14.9. The minimum absolute atomic E-state index is 0.0713. The van der Waals surface area contributed by atoms with Gasteiger partial charge in [-0.15, -0.1) is 0 Å². The number of aromatic nitrogens is 2. The zero-order chi connectivity index (χ0) is 28.4. The molecule has 0 bridgehead atoms. The van der Waals surface area contributed by atoms with Crippen molar-refractivity contribution in [1.29, 1.82) is 5.26 Å². The lowest BCUT2D eigenvalue weighted by Crippen LogP contribution is -2.30. The van der Waals surface area contributed by atoms with Crippen LogP contribution in [0.3, 0.4) is 0 Å². The second-order valence-electron chi connectivity index (χ2n) is 10.2. The SMILES string of the molecule is CC=CN1C[C@@H](C#N)C[C@H]1COc1c(N)ncnc1-c1cc(F)cc(NC(=O)c2ccc(C3CC3)cc2F)c1C. The highest BCUT2D eigenvalue weighted by molar-refractivity contribution is 6.05. The summed E-state index contributed by atoms with van der Waals surface area (Å²) in [4.78, 5) is 23.4. The Morgan fingerprint density at radius 3 is 2.77 bits per heavy atom. The van der Waals surface area contributed by atoms with Crippen LogP contribution in [-0.4, -0.2) is 40.0 Å². The summed E-state index contributed by atoms with van der Waals surface area (Å²) in [6.45, 7) is 4.40. The number of carbonyl (C=O) groups is 1. The highest BCUT2D eigenvalue weighted by atomic mass is 19.1. The van der Waals surface area contributed by atoms with Gasteiger partial charge in [0.15, 0.2) is 11.6 Å². The molecule has 8 nitrogen and oxygen atoms in total. The molecule has 2 atom stereocenters. The van der Waals surface area contributed by atoms with E-state index in [1.165, 1.54) is 30.6 Å². The van der Waals surface area contributed by atoms with E-state index >= 15 is 0 Å². The van der Waals surface area contributed by atoms with Gasteiger partial charge >= 0.3 is 0 Å². The second kappa shape index (κ2) is 11.3. The zero-order valence-corrected chi connectivity index (χ0v) is 22.3. The number of hydrogen-bond acceptors (Lipinski definition) is 7. The van der Waals surface area contributed by atoms with Crippen molar-refractivity contribution in [2.24, 2.45) is 5.92 Å². The Kier molecular flexibility index (Phi) is 7.65. The molecule has 0 unspecified atom stereocenters. The van der Waals surface area contributed by atoms with Gasteiger partial charge in [0, 0.05) is 17.8 Å². The smallest absolute Gasteiger partial charge is 0.258 e. The van der Waals surface area contributed by atoms with Crippen LogP contribution in [-0.2, 0) is 0 Å². The molecule has 2 aliphatic rings. The number of allylic oxidation sites excluding steroid dienone is 1. The Bertz CT molecular complexity index is 1510. The first kappa shape index (κ1) is 27.1. The number of anilines is 2. The summed E-state index contributed by atoms with van der Waals surface area (Å²) in [6, 6.07) is 9.30. The fraction of sp³-hybridized carbons (Fsp3) is 0.333. The number of amides is 1. The van der Waals surface area contributed by atoms with Gasteiger partial charge in [0.05, 0.1) is 23.6 Å². The number of halogens is 2. The molecule has 1 aromatic heterocycles. The van der Waals surface area contributed by atoms with Crippen LogP contribution in [0.5, 0.6) is 5.75 Å². The number of nitriles is 1. The van der Waals surface area contributed by atoms with Crippen LogP contribution in [0.2, 0.25) is 0 Å². The molecule has 2 fully saturated rings. The van der Waals surface area contributed by atoms with Crippen molar-refractivity contribution in [3.8, 4) is 23.1 Å². The monoisotopic (exact) mass is 544 g/mol.